The molecule has 1 aliphatic heterocycles. The summed E-state index contributed by atoms with van der Waals surface area (Å²) in [6.45, 7) is 5.02. The Bertz CT molecular complexity index is 1170. The fourth-order valence-electron chi connectivity index (χ4n) is 3.70. The van der Waals surface area contributed by atoms with Crippen molar-refractivity contribution < 1.29 is 14.3 Å². The third kappa shape index (κ3) is 4.77. The molecular weight excluding hydrogens is 424 g/mol. The predicted octanol–water partition coefficient (Wildman–Crippen LogP) is 2.25. The number of ether oxygens (including phenoxy) is 2. The number of amides is 1. The zero-order valence-electron chi connectivity index (χ0n) is 18.8. The normalized spacial score (nSPS) is 13.2. The van der Waals surface area contributed by atoms with Crippen molar-refractivity contribution >= 4 is 29.2 Å². The largest absolute Gasteiger partial charge is 0.495 e. The molecule has 172 valence electrons. The molecule has 0 bridgehead atoms. The van der Waals surface area contributed by atoms with Gasteiger partial charge in [-0.1, -0.05) is 6.92 Å². The lowest BCUT2D eigenvalue weighted by Gasteiger charge is -2.28. The van der Waals surface area contributed by atoms with Crippen LogP contribution in [0.5, 0.6) is 11.5 Å². The fraction of sp³-hybridized carbons (Fsp3) is 0.318. The number of fused-ring (bicyclic) bond motifs is 1. The Morgan fingerprint density at radius 3 is 2.67 bits per heavy atom. The van der Waals surface area contributed by atoms with Gasteiger partial charge in [-0.3, -0.25) is 9.69 Å². The number of hydrogen-bond acceptors (Lipinski definition) is 10. The molecule has 0 aliphatic carbocycles. The van der Waals surface area contributed by atoms with E-state index in [-0.39, 0.29) is 17.5 Å². The number of nitrogens with two attached hydrogens (primary N) is 1. The second kappa shape index (κ2) is 9.65. The lowest BCUT2D eigenvalue weighted by atomic mass is 9.98. The van der Waals surface area contributed by atoms with Crippen LogP contribution in [0.2, 0.25) is 0 Å². The Labute approximate surface area is 191 Å². The van der Waals surface area contributed by atoms with Crippen molar-refractivity contribution in [1.29, 1.82) is 0 Å². The summed E-state index contributed by atoms with van der Waals surface area (Å²) in [6.07, 6.45) is 2.55. The van der Waals surface area contributed by atoms with Gasteiger partial charge in [0.1, 0.15) is 5.75 Å². The van der Waals surface area contributed by atoms with Crippen molar-refractivity contribution in [2.45, 2.75) is 19.9 Å². The maximum atomic E-state index is 11.9. The summed E-state index contributed by atoms with van der Waals surface area (Å²) in [4.78, 5) is 22.9. The number of methoxy groups -OCH3 is 2. The molecule has 11 nitrogen and oxygen atoms in total. The van der Waals surface area contributed by atoms with Crippen molar-refractivity contribution in [3.63, 3.8) is 0 Å². The van der Waals surface area contributed by atoms with Crippen LogP contribution in [0.25, 0.3) is 0 Å². The molecule has 0 fully saturated rings. The van der Waals surface area contributed by atoms with Gasteiger partial charge in [0, 0.05) is 19.3 Å². The van der Waals surface area contributed by atoms with Crippen molar-refractivity contribution in [3.05, 3.63) is 47.3 Å². The Balaban J connectivity index is 1.67. The average Bonchev–Trinajstić information content (AvgIpc) is 2.83. The van der Waals surface area contributed by atoms with Crippen LogP contribution < -0.4 is 25.8 Å². The van der Waals surface area contributed by atoms with Crippen molar-refractivity contribution in [2.75, 3.05) is 37.9 Å². The second-order valence-corrected chi connectivity index (χ2v) is 7.44. The SMILES string of the molecule is CCN1CCc2cc(OC)c(Nc3nnc(C(N)=O)c(Nc4ncccc4OC)n3)cc2C1. The molecule has 3 aromatic rings. The zero-order chi connectivity index (χ0) is 23.4. The first-order chi connectivity index (χ1) is 16.0. The molecule has 0 spiro atoms. The fourth-order valence-corrected chi connectivity index (χ4v) is 3.70. The van der Waals surface area contributed by atoms with Crippen LogP contribution in [0.3, 0.4) is 0 Å². The Hall–Kier alpha value is -3.99. The van der Waals surface area contributed by atoms with Gasteiger partial charge in [-0.25, -0.2) is 4.98 Å². The van der Waals surface area contributed by atoms with E-state index in [1.54, 1.807) is 25.4 Å². The van der Waals surface area contributed by atoms with Crippen LogP contribution in [0.4, 0.5) is 23.3 Å². The molecule has 0 saturated carbocycles. The minimum atomic E-state index is -0.773. The summed E-state index contributed by atoms with van der Waals surface area (Å²) in [5, 5.41) is 14.1. The molecule has 3 heterocycles. The lowest BCUT2D eigenvalue weighted by molar-refractivity contribution is 0.0995. The molecule has 0 atom stereocenters. The smallest absolute Gasteiger partial charge is 0.273 e. The van der Waals surface area contributed by atoms with Gasteiger partial charge in [0.25, 0.3) is 5.91 Å². The Morgan fingerprint density at radius 2 is 1.94 bits per heavy atom. The number of rotatable bonds is 8. The van der Waals surface area contributed by atoms with Crippen LogP contribution in [0, 0.1) is 0 Å². The lowest BCUT2D eigenvalue weighted by Crippen LogP contribution is -2.30. The van der Waals surface area contributed by atoms with Gasteiger partial charge in [0.2, 0.25) is 5.95 Å². The summed E-state index contributed by atoms with van der Waals surface area (Å²) < 4.78 is 10.9. The van der Waals surface area contributed by atoms with Gasteiger partial charge in [-0.2, -0.15) is 4.98 Å². The summed E-state index contributed by atoms with van der Waals surface area (Å²) in [7, 11) is 3.13. The molecule has 1 amide bonds. The van der Waals surface area contributed by atoms with E-state index < -0.39 is 5.91 Å². The van der Waals surface area contributed by atoms with E-state index in [9.17, 15) is 4.79 Å². The van der Waals surface area contributed by atoms with Crippen molar-refractivity contribution in [2.24, 2.45) is 5.73 Å². The van der Waals surface area contributed by atoms with Crippen LogP contribution in [0.15, 0.2) is 30.5 Å². The number of nitrogens with one attached hydrogen (secondary N) is 2. The summed E-state index contributed by atoms with van der Waals surface area (Å²) in [6, 6.07) is 7.53. The molecule has 4 rings (SSSR count). The number of carbonyl (C=O) groups excluding carboxylic acids is 1. The molecule has 1 aliphatic rings. The number of likely N-dealkylation sites (N-methyl/N-ethyl adjacent to an activating group) is 1. The van der Waals surface area contributed by atoms with Crippen molar-refractivity contribution in [1.82, 2.24) is 25.1 Å². The molecular formula is C22H26N8O3. The van der Waals surface area contributed by atoms with Gasteiger partial charge >= 0.3 is 0 Å². The highest BCUT2D eigenvalue weighted by Gasteiger charge is 2.20. The first-order valence-electron chi connectivity index (χ1n) is 10.5. The van der Waals surface area contributed by atoms with E-state index in [0.717, 1.165) is 26.1 Å². The average molecular weight is 451 g/mol. The predicted molar refractivity (Wildman–Crippen MR) is 123 cm³/mol. The minimum Gasteiger partial charge on any atom is -0.495 e. The topological polar surface area (TPSA) is 140 Å². The van der Waals surface area contributed by atoms with E-state index in [1.807, 2.05) is 12.1 Å². The summed E-state index contributed by atoms with van der Waals surface area (Å²) in [5.41, 5.74) is 8.52. The molecule has 2 aromatic heterocycles. The highest BCUT2D eigenvalue weighted by atomic mass is 16.5. The standard InChI is InChI=1S/C22H26N8O3/c1-4-30-9-7-13-11-17(33-3)15(10-14(13)12-30)25-22-27-21(18(19(23)31)28-29-22)26-20-16(32-2)6-5-8-24-20/h5-6,8,10-11H,4,7,9,12H2,1-3H3,(H2,23,31)(H2,24,25,26,27,29). The molecule has 0 saturated heterocycles. The van der Waals surface area contributed by atoms with E-state index in [1.165, 1.54) is 18.2 Å². The van der Waals surface area contributed by atoms with Crippen LogP contribution in [-0.2, 0) is 13.0 Å². The van der Waals surface area contributed by atoms with E-state index in [0.29, 0.717) is 23.0 Å². The number of aromatic nitrogens is 4. The number of benzene rings is 1. The molecule has 33 heavy (non-hydrogen) atoms. The third-order valence-electron chi connectivity index (χ3n) is 5.45. The highest BCUT2D eigenvalue weighted by molar-refractivity contribution is 5.96. The van der Waals surface area contributed by atoms with E-state index in [2.05, 4.69) is 42.6 Å². The Kier molecular flexibility index (Phi) is 6.50. The number of carbonyl (C=O) groups is 1. The number of anilines is 4. The summed E-state index contributed by atoms with van der Waals surface area (Å²) in [5.74, 6) is 0.995. The zero-order valence-corrected chi connectivity index (χ0v) is 18.8. The number of nitrogens with zero attached hydrogens (tertiary/aromatic N) is 5. The molecule has 11 heteroatoms. The van der Waals surface area contributed by atoms with Gasteiger partial charge < -0.3 is 25.8 Å². The van der Waals surface area contributed by atoms with Gasteiger partial charge in [0.05, 0.1) is 19.9 Å². The molecule has 4 N–H and O–H groups in total. The first kappa shape index (κ1) is 22.2. The highest BCUT2D eigenvalue weighted by Crippen LogP contribution is 2.33. The first-order valence-corrected chi connectivity index (χ1v) is 10.5. The van der Waals surface area contributed by atoms with Crippen LogP contribution in [0.1, 0.15) is 28.5 Å². The number of hydrogen-bond donors (Lipinski definition) is 3. The third-order valence-corrected chi connectivity index (χ3v) is 5.45. The Morgan fingerprint density at radius 1 is 1.12 bits per heavy atom. The van der Waals surface area contributed by atoms with Gasteiger partial charge in [0.15, 0.2) is 23.1 Å². The van der Waals surface area contributed by atoms with E-state index in [4.69, 9.17) is 15.2 Å². The molecule has 0 unspecified atom stereocenters. The minimum absolute atomic E-state index is 0.103. The quantitative estimate of drug-likeness (QED) is 0.468. The van der Waals surface area contributed by atoms with Gasteiger partial charge in [-0.05, 0) is 48.4 Å². The monoisotopic (exact) mass is 450 g/mol. The summed E-state index contributed by atoms with van der Waals surface area (Å²) >= 11 is 0. The maximum Gasteiger partial charge on any atom is 0.273 e. The number of primary amides is 1. The second-order valence-electron chi connectivity index (χ2n) is 7.44. The molecule has 0 radical (unpaired) electrons. The van der Waals surface area contributed by atoms with Crippen LogP contribution in [-0.4, -0.2) is 58.3 Å². The van der Waals surface area contributed by atoms with E-state index >= 15 is 0 Å². The maximum absolute atomic E-state index is 11.9. The van der Waals surface area contributed by atoms with Gasteiger partial charge in [-0.15, -0.1) is 10.2 Å². The number of pyridine rings is 1. The van der Waals surface area contributed by atoms with Crippen LogP contribution >= 0.6 is 0 Å². The molecule has 1 aromatic carbocycles. The van der Waals surface area contributed by atoms with Crippen molar-refractivity contribution in [3.8, 4) is 11.5 Å².